The molecule has 1 aromatic rings. The van der Waals surface area contributed by atoms with E-state index in [4.69, 9.17) is 14.2 Å². The van der Waals surface area contributed by atoms with Crippen LogP contribution in [0.3, 0.4) is 0 Å². The van der Waals surface area contributed by atoms with Gasteiger partial charge in [0.2, 0.25) is 5.91 Å². The van der Waals surface area contributed by atoms with E-state index in [1.54, 1.807) is 14.2 Å². The quantitative estimate of drug-likeness (QED) is 0.803. The molecule has 3 rings (SSSR count). The molecule has 1 saturated heterocycles. The second-order valence-electron chi connectivity index (χ2n) is 6.64. The van der Waals surface area contributed by atoms with Crippen LogP contribution in [0.25, 0.3) is 0 Å². The molecule has 0 N–H and O–H groups in total. The Labute approximate surface area is 143 Å². The molecule has 0 spiro atoms. The predicted molar refractivity (Wildman–Crippen MR) is 91.3 cm³/mol. The molecule has 5 heteroatoms. The third-order valence-electron chi connectivity index (χ3n) is 5.16. The second-order valence-corrected chi connectivity index (χ2v) is 6.64. The van der Waals surface area contributed by atoms with Crippen molar-refractivity contribution in [2.45, 2.75) is 44.7 Å². The summed E-state index contributed by atoms with van der Waals surface area (Å²) in [6, 6.07) is 6.14. The van der Waals surface area contributed by atoms with Gasteiger partial charge in [0.15, 0.2) is 0 Å². The number of nitrogens with zero attached hydrogens (tertiary/aromatic N) is 1. The SMILES string of the molecule is COc1ccc(CN(C(=O)[C@@H]2CCOC2)C2CCCC2)c(OC)c1. The zero-order chi connectivity index (χ0) is 16.9. The number of carbonyl (C=O) groups is 1. The predicted octanol–water partition coefficient (Wildman–Crippen LogP) is 3.01. The summed E-state index contributed by atoms with van der Waals surface area (Å²) in [7, 11) is 3.30. The van der Waals surface area contributed by atoms with E-state index < -0.39 is 0 Å². The van der Waals surface area contributed by atoms with Crippen molar-refractivity contribution in [3.8, 4) is 11.5 Å². The maximum Gasteiger partial charge on any atom is 0.228 e. The van der Waals surface area contributed by atoms with Gasteiger partial charge in [0.05, 0.1) is 26.7 Å². The Morgan fingerprint density at radius 3 is 2.62 bits per heavy atom. The van der Waals surface area contributed by atoms with Gasteiger partial charge in [-0.1, -0.05) is 12.8 Å². The van der Waals surface area contributed by atoms with Crippen molar-refractivity contribution >= 4 is 5.91 Å². The maximum atomic E-state index is 13.0. The molecule has 1 aliphatic heterocycles. The van der Waals surface area contributed by atoms with E-state index in [1.165, 1.54) is 12.8 Å². The van der Waals surface area contributed by atoms with Crippen LogP contribution in [0.4, 0.5) is 0 Å². The Balaban J connectivity index is 1.81. The summed E-state index contributed by atoms with van der Waals surface area (Å²) in [5, 5.41) is 0. The fourth-order valence-corrected chi connectivity index (χ4v) is 3.73. The number of ether oxygens (including phenoxy) is 3. The van der Waals surface area contributed by atoms with E-state index >= 15 is 0 Å². The highest BCUT2D eigenvalue weighted by atomic mass is 16.5. The molecule has 1 atom stereocenters. The molecule has 1 amide bonds. The summed E-state index contributed by atoms with van der Waals surface area (Å²) in [5.41, 5.74) is 1.03. The van der Waals surface area contributed by atoms with E-state index in [0.717, 1.165) is 36.3 Å². The van der Waals surface area contributed by atoms with Gasteiger partial charge in [-0.15, -0.1) is 0 Å². The van der Waals surface area contributed by atoms with Crippen molar-refractivity contribution < 1.29 is 19.0 Å². The molecular formula is C19H27NO4. The van der Waals surface area contributed by atoms with Crippen LogP contribution in [0.5, 0.6) is 11.5 Å². The first-order valence-corrected chi connectivity index (χ1v) is 8.82. The molecule has 1 heterocycles. The normalized spacial score (nSPS) is 21.0. The molecule has 1 aliphatic carbocycles. The van der Waals surface area contributed by atoms with Gasteiger partial charge in [-0.3, -0.25) is 4.79 Å². The number of amides is 1. The van der Waals surface area contributed by atoms with E-state index in [0.29, 0.717) is 25.8 Å². The van der Waals surface area contributed by atoms with Crippen molar-refractivity contribution in [1.82, 2.24) is 4.90 Å². The minimum atomic E-state index is 0.00911. The third kappa shape index (κ3) is 3.66. The molecule has 2 fully saturated rings. The molecule has 24 heavy (non-hydrogen) atoms. The van der Waals surface area contributed by atoms with E-state index in [-0.39, 0.29) is 11.8 Å². The summed E-state index contributed by atoms with van der Waals surface area (Å²) < 4.78 is 16.2. The fourth-order valence-electron chi connectivity index (χ4n) is 3.73. The molecule has 0 unspecified atom stereocenters. The number of benzene rings is 1. The fraction of sp³-hybridized carbons (Fsp3) is 0.632. The Kier molecular flexibility index (Phi) is 5.61. The first-order valence-electron chi connectivity index (χ1n) is 8.82. The lowest BCUT2D eigenvalue weighted by Gasteiger charge is -2.31. The average Bonchev–Trinajstić information content (AvgIpc) is 3.32. The van der Waals surface area contributed by atoms with Gasteiger partial charge in [0.25, 0.3) is 0 Å². The Morgan fingerprint density at radius 2 is 2.00 bits per heavy atom. The van der Waals surface area contributed by atoms with Crippen LogP contribution >= 0.6 is 0 Å². The second kappa shape index (κ2) is 7.88. The van der Waals surface area contributed by atoms with Gasteiger partial charge >= 0.3 is 0 Å². The molecule has 5 nitrogen and oxygen atoms in total. The minimum Gasteiger partial charge on any atom is -0.497 e. The van der Waals surface area contributed by atoms with Crippen LogP contribution < -0.4 is 9.47 Å². The van der Waals surface area contributed by atoms with Gasteiger partial charge in [0.1, 0.15) is 11.5 Å². The van der Waals surface area contributed by atoms with Gasteiger partial charge in [-0.2, -0.15) is 0 Å². The van der Waals surface area contributed by atoms with Crippen molar-refractivity contribution in [3.05, 3.63) is 23.8 Å². The first-order chi connectivity index (χ1) is 11.7. The highest BCUT2D eigenvalue weighted by Crippen LogP contribution is 2.31. The van der Waals surface area contributed by atoms with Crippen molar-refractivity contribution in [3.63, 3.8) is 0 Å². The highest BCUT2D eigenvalue weighted by molar-refractivity contribution is 5.79. The Hall–Kier alpha value is -1.75. The van der Waals surface area contributed by atoms with Crippen LogP contribution in [0.15, 0.2) is 18.2 Å². The number of rotatable bonds is 6. The van der Waals surface area contributed by atoms with Gasteiger partial charge in [0, 0.05) is 30.8 Å². The highest BCUT2D eigenvalue weighted by Gasteiger charge is 2.33. The zero-order valence-corrected chi connectivity index (χ0v) is 14.6. The minimum absolute atomic E-state index is 0.00911. The molecule has 0 radical (unpaired) electrons. The van der Waals surface area contributed by atoms with Crippen molar-refractivity contribution in [1.29, 1.82) is 0 Å². The molecule has 0 aromatic heterocycles. The standard InChI is InChI=1S/C19H27NO4/c1-22-17-8-7-14(18(11-17)23-2)12-20(16-5-3-4-6-16)19(21)15-9-10-24-13-15/h7-8,11,15-16H,3-6,9-10,12-13H2,1-2H3/t15-/m1/s1. The molecule has 2 aliphatic rings. The topological polar surface area (TPSA) is 48.0 Å². The first kappa shape index (κ1) is 17.1. The smallest absolute Gasteiger partial charge is 0.228 e. The van der Waals surface area contributed by atoms with E-state index in [2.05, 4.69) is 4.90 Å². The molecule has 1 saturated carbocycles. The van der Waals surface area contributed by atoms with Gasteiger partial charge in [-0.25, -0.2) is 0 Å². The Bertz CT molecular complexity index is 562. The number of hydrogen-bond donors (Lipinski definition) is 0. The number of methoxy groups -OCH3 is 2. The van der Waals surface area contributed by atoms with Gasteiger partial charge in [-0.05, 0) is 31.4 Å². The van der Waals surface area contributed by atoms with Crippen LogP contribution in [0, 0.1) is 5.92 Å². The van der Waals surface area contributed by atoms with Crippen LogP contribution in [-0.4, -0.2) is 44.3 Å². The van der Waals surface area contributed by atoms with Crippen LogP contribution in [0.1, 0.15) is 37.7 Å². The summed E-state index contributed by atoms with van der Waals surface area (Å²) in [4.78, 5) is 15.1. The lowest BCUT2D eigenvalue weighted by molar-refractivity contribution is -0.138. The summed E-state index contributed by atoms with van der Waals surface area (Å²) in [6.45, 7) is 1.84. The summed E-state index contributed by atoms with van der Waals surface area (Å²) in [5.74, 6) is 1.78. The summed E-state index contributed by atoms with van der Waals surface area (Å²) >= 11 is 0. The van der Waals surface area contributed by atoms with Crippen molar-refractivity contribution in [2.75, 3.05) is 27.4 Å². The molecule has 132 valence electrons. The lowest BCUT2D eigenvalue weighted by Crippen LogP contribution is -2.42. The largest absolute Gasteiger partial charge is 0.497 e. The third-order valence-corrected chi connectivity index (χ3v) is 5.16. The van der Waals surface area contributed by atoms with E-state index in [1.807, 2.05) is 18.2 Å². The maximum absolute atomic E-state index is 13.0. The zero-order valence-electron chi connectivity index (χ0n) is 14.6. The van der Waals surface area contributed by atoms with Crippen molar-refractivity contribution in [2.24, 2.45) is 5.92 Å². The number of hydrogen-bond acceptors (Lipinski definition) is 4. The monoisotopic (exact) mass is 333 g/mol. The van der Waals surface area contributed by atoms with Gasteiger partial charge < -0.3 is 19.1 Å². The molecule has 0 bridgehead atoms. The lowest BCUT2D eigenvalue weighted by atomic mass is 10.0. The van der Waals surface area contributed by atoms with Crippen LogP contribution in [0.2, 0.25) is 0 Å². The Morgan fingerprint density at radius 1 is 1.21 bits per heavy atom. The summed E-state index contributed by atoms with van der Waals surface area (Å²) in [6.07, 6.45) is 5.43. The molecular weight excluding hydrogens is 306 g/mol. The average molecular weight is 333 g/mol. The number of carbonyl (C=O) groups excluding carboxylic acids is 1. The van der Waals surface area contributed by atoms with Crippen LogP contribution in [-0.2, 0) is 16.1 Å². The van der Waals surface area contributed by atoms with E-state index in [9.17, 15) is 4.79 Å². The molecule has 1 aromatic carbocycles.